The van der Waals surface area contributed by atoms with E-state index in [0.29, 0.717) is 34.9 Å². The number of aromatic nitrogens is 2. The molecule has 7 nitrogen and oxygen atoms in total. The van der Waals surface area contributed by atoms with Crippen molar-refractivity contribution in [1.82, 2.24) is 9.78 Å². The molecule has 0 aliphatic rings. The summed E-state index contributed by atoms with van der Waals surface area (Å²) in [6.07, 6.45) is 4.47. The number of aliphatic imine (C=N–C) groups is 1. The second-order valence-electron chi connectivity index (χ2n) is 4.87. The maximum Gasteiger partial charge on any atom is 0.192 e. The SMILES string of the molecule is CCN=CC(=CN)c1ccc(N(N)c2nn(C)cc2N)cc1F. The summed E-state index contributed by atoms with van der Waals surface area (Å²) in [5, 5.41) is 5.38. The van der Waals surface area contributed by atoms with E-state index in [1.54, 1.807) is 25.4 Å². The van der Waals surface area contributed by atoms with Crippen LogP contribution in [0, 0.1) is 5.82 Å². The van der Waals surface area contributed by atoms with Gasteiger partial charge in [0.25, 0.3) is 0 Å². The molecule has 0 saturated heterocycles. The summed E-state index contributed by atoms with van der Waals surface area (Å²) in [6.45, 7) is 2.47. The Balaban J connectivity index is 2.35. The van der Waals surface area contributed by atoms with Crippen LogP contribution in [0.1, 0.15) is 12.5 Å². The minimum atomic E-state index is -0.466. The summed E-state index contributed by atoms with van der Waals surface area (Å²) >= 11 is 0. The van der Waals surface area contributed by atoms with Crippen molar-refractivity contribution in [1.29, 1.82) is 0 Å². The van der Waals surface area contributed by atoms with Crippen LogP contribution in [0.4, 0.5) is 21.6 Å². The van der Waals surface area contributed by atoms with Crippen LogP contribution < -0.4 is 22.3 Å². The highest BCUT2D eigenvalue weighted by Gasteiger charge is 2.15. The average molecular weight is 317 g/mol. The highest BCUT2D eigenvalue weighted by atomic mass is 19.1. The zero-order chi connectivity index (χ0) is 17.0. The standard InChI is InChI=1S/C15H20FN7/c1-3-20-8-10(7-17)12-5-4-11(6-13(12)16)23(19)15-14(18)9-22(2)21-15/h4-9H,3,17-19H2,1-2H3. The lowest BCUT2D eigenvalue weighted by Crippen LogP contribution is -2.26. The molecule has 0 radical (unpaired) electrons. The predicted molar refractivity (Wildman–Crippen MR) is 91.5 cm³/mol. The number of halogens is 1. The van der Waals surface area contributed by atoms with E-state index in [2.05, 4.69) is 10.1 Å². The molecule has 1 aromatic carbocycles. The number of rotatable bonds is 5. The highest BCUT2D eigenvalue weighted by Crippen LogP contribution is 2.28. The fourth-order valence-corrected chi connectivity index (χ4v) is 2.08. The largest absolute Gasteiger partial charge is 0.404 e. The van der Waals surface area contributed by atoms with Crippen molar-refractivity contribution in [2.45, 2.75) is 6.92 Å². The normalized spacial score (nSPS) is 12.1. The molecule has 8 heteroatoms. The van der Waals surface area contributed by atoms with E-state index in [-0.39, 0.29) is 0 Å². The van der Waals surface area contributed by atoms with Gasteiger partial charge in [-0.1, -0.05) is 0 Å². The van der Waals surface area contributed by atoms with Gasteiger partial charge in [-0.05, 0) is 25.1 Å². The Kier molecular flexibility index (Phi) is 4.97. The maximum atomic E-state index is 14.4. The van der Waals surface area contributed by atoms with Gasteiger partial charge in [-0.3, -0.25) is 14.7 Å². The number of hydrogen-bond donors (Lipinski definition) is 3. The van der Waals surface area contributed by atoms with Crippen molar-refractivity contribution in [3.05, 3.63) is 42.0 Å². The molecule has 0 aliphatic heterocycles. The van der Waals surface area contributed by atoms with E-state index in [1.165, 1.54) is 28.2 Å². The number of benzene rings is 1. The van der Waals surface area contributed by atoms with Gasteiger partial charge >= 0.3 is 0 Å². The smallest absolute Gasteiger partial charge is 0.192 e. The van der Waals surface area contributed by atoms with Crippen LogP contribution in [-0.2, 0) is 7.05 Å². The zero-order valence-corrected chi connectivity index (χ0v) is 13.1. The van der Waals surface area contributed by atoms with Crippen LogP contribution in [-0.4, -0.2) is 22.5 Å². The Labute approximate surface area is 133 Å². The first-order valence-corrected chi connectivity index (χ1v) is 7.03. The number of aryl methyl sites for hydroxylation is 1. The van der Waals surface area contributed by atoms with Crippen molar-refractivity contribution in [3.8, 4) is 0 Å². The van der Waals surface area contributed by atoms with Gasteiger partial charge in [0.2, 0.25) is 0 Å². The molecule has 23 heavy (non-hydrogen) atoms. The highest BCUT2D eigenvalue weighted by molar-refractivity contribution is 6.09. The van der Waals surface area contributed by atoms with Crippen LogP contribution in [0.3, 0.4) is 0 Å². The van der Waals surface area contributed by atoms with Gasteiger partial charge in [-0.2, -0.15) is 5.10 Å². The van der Waals surface area contributed by atoms with Gasteiger partial charge in [0.1, 0.15) is 5.82 Å². The van der Waals surface area contributed by atoms with E-state index >= 15 is 0 Å². The molecule has 0 unspecified atom stereocenters. The topological polar surface area (TPSA) is 111 Å². The molecule has 122 valence electrons. The number of nitrogens with two attached hydrogens (primary N) is 3. The molecule has 0 atom stereocenters. The minimum absolute atomic E-state index is 0.343. The van der Waals surface area contributed by atoms with E-state index in [0.717, 1.165) is 0 Å². The minimum Gasteiger partial charge on any atom is -0.404 e. The van der Waals surface area contributed by atoms with Gasteiger partial charge in [-0.25, -0.2) is 10.2 Å². The number of allylic oxidation sites excluding steroid dienone is 1. The molecule has 2 aromatic rings. The molecule has 0 bridgehead atoms. The van der Waals surface area contributed by atoms with Gasteiger partial charge in [0.05, 0.1) is 11.4 Å². The van der Waals surface area contributed by atoms with Gasteiger partial charge in [0, 0.05) is 43.3 Å². The van der Waals surface area contributed by atoms with E-state index in [4.69, 9.17) is 17.3 Å². The van der Waals surface area contributed by atoms with Crippen molar-refractivity contribution in [3.63, 3.8) is 0 Å². The molecule has 0 saturated carbocycles. The Bertz CT molecular complexity index is 748. The monoisotopic (exact) mass is 317 g/mol. The molecule has 0 fully saturated rings. The first kappa shape index (κ1) is 16.5. The molecule has 2 rings (SSSR count). The molecular weight excluding hydrogens is 297 g/mol. The number of hydrazine groups is 1. The third-order valence-electron chi connectivity index (χ3n) is 3.20. The molecule has 1 aromatic heterocycles. The number of anilines is 3. The quantitative estimate of drug-likeness (QED) is 0.440. The summed E-state index contributed by atoms with van der Waals surface area (Å²) in [7, 11) is 1.72. The Morgan fingerprint density at radius 1 is 1.48 bits per heavy atom. The van der Waals surface area contributed by atoms with Crippen LogP contribution in [0.15, 0.2) is 35.6 Å². The Hall–Kier alpha value is -2.87. The lowest BCUT2D eigenvalue weighted by molar-refractivity contribution is 0.624. The van der Waals surface area contributed by atoms with Crippen LogP contribution in [0.2, 0.25) is 0 Å². The van der Waals surface area contributed by atoms with Crippen molar-refractivity contribution in [2.75, 3.05) is 17.3 Å². The van der Waals surface area contributed by atoms with E-state index in [9.17, 15) is 4.39 Å². The molecular formula is C15H20FN7. The van der Waals surface area contributed by atoms with Crippen molar-refractivity contribution in [2.24, 2.45) is 23.6 Å². The van der Waals surface area contributed by atoms with Crippen molar-refractivity contribution < 1.29 is 4.39 Å². The van der Waals surface area contributed by atoms with Crippen molar-refractivity contribution >= 4 is 29.0 Å². The number of nitrogens with zero attached hydrogens (tertiary/aromatic N) is 4. The van der Waals surface area contributed by atoms with E-state index < -0.39 is 5.82 Å². The maximum absolute atomic E-state index is 14.4. The molecule has 6 N–H and O–H groups in total. The van der Waals surface area contributed by atoms with Crippen LogP contribution in [0.5, 0.6) is 0 Å². The summed E-state index contributed by atoms with van der Waals surface area (Å²) in [5.41, 5.74) is 13.0. The third-order valence-corrected chi connectivity index (χ3v) is 3.20. The van der Waals surface area contributed by atoms with Gasteiger partial charge in [0.15, 0.2) is 5.82 Å². The predicted octanol–water partition coefficient (Wildman–Crippen LogP) is 1.54. The molecule has 0 aliphatic carbocycles. The Morgan fingerprint density at radius 3 is 2.74 bits per heavy atom. The fourth-order valence-electron chi connectivity index (χ4n) is 2.08. The zero-order valence-electron chi connectivity index (χ0n) is 13.1. The second-order valence-corrected chi connectivity index (χ2v) is 4.87. The number of nitrogen functional groups attached to an aromatic ring is 1. The number of hydrogen-bond acceptors (Lipinski definition) is 6. The first-order valence-electron chi connectivity index (χ1n) is 7.03. The van der Waals surface area contributed by atoms with Crippen LogP contribution >= 0.6 is 0 Å². The summed E-state index contributed by atoms with van der Waals surface area (Å²) < 4.78 is 15.9. The molecule has 0 spiro atoms. The lowest BCUT2D eigenvalue weighted by Gasteiger charge is -2.17. The van der Waals surface area contributed by atoms with E-state index in [1.807, 2.05) is 6.92 Å². The fraction of sp³-hybridized carbons (Fsp3) is 0.200. The van der Waals surface area contributed by atoms with Gasteiger partial charge in [-0.15, -0.1) is 0 Å². The summed E-state index contributed by atoms with van der Waals surface area (Å²) in [4.78, 5) is 4.08. The lowest BCUT2D eigenvalue weighted by atomic mass is 10.1. The second kappa shape index (κ2) is 6.93. The third kappa shape index (κ3) is 3.49. The first-order chi connectivity index (χ1) is 11.0. The molecule has 1 heterocycles. The Morgan fingerprint density at radius 2 is 2.22 bits per heavy atom. The average Bonchev–Trinajstić information content (AvgIpc) is 2.87. The summed E-state index contributed by atoms with van der Waals surface area (Å²) in [5.74, 6) is 5.87. The summed E-state index contributed by atoms with van der Waals surface area (Å²) in [6, 6.07) is 4.55. The molecule has 0 amide bonds. The van der Waals surface area contributed by atoms with Gasteiger partial charge < -0.3 is 11.5 Å². The van der Waals surface area contributed by atoms with Crippen LogP contribution in [0.25, 0.3) is 5.57 Å².